The van der Waals surface area contributed by atoms with Crippen molar-refractivity contribution >= 4 is 0 Å². The van der Waals surface area contributed by atoms with Gasteiger partial charge >= 0.3 is 0 Å². The van der Waals surface area contributed by atoms with Crippen LogP contribution in [0.3, 0.4) is 0 Å². The number of hydrogen-bond donors (Lipinski definition) is 0. The predicted molar refractivity (Wildman–Crippen MR) is 37.5 cm³/mol. The molecule has 0 amide bonds. The summed E-state index contributed by atoms with van der Waals surface area (Å²) >= 11 is 0. The van der Waals surface area contributed by atoms with E-state index in [9.17, 15) is 0 Å². The molecule has 9 heavy (non-hydrogen) atoms. The van der Waals surface area contributed by atoms with Crippen LogP contribution in [0.5, 0.6) is 0 Å². The van der Waals surface area contributed by atoms with Crippen molar-refractivity contribution in [1.82, 2.24) is 0 Å². The minimum atomic E-state index is 0.620. The first-order valence-electron chi connectivity index (χ1n) is 3.29. The Labute approximate surface area is 57.2 Å². The molecule has 0 aromatic carbocycles. The van der Waals surface area contributed by atoms with E-state index < -0.39 is 0 Å². The first kappa shape index (κ1) is 8.92. The van der Waals surface area contributed by atoms with Gasteiger partial charge in [0.25, 0.3) is 0 Å². The molecule has 0 aromatic heterocycles. The lowest BCUT2D eigenvalue weighted by Crippen LogP contribution is -2.06. The highest BCUT2D eigenvalue weighted by Crippen LogP contribution is 2.00. The van der Waals surface area contributed by atoms with E-state index >= 15 is 0 Å². The summed E-state index contributed by atoms with van der Waals surface area (Å²) in [5.74, 6) is 0.620. The Balaban J connectivity index is 2.95. The summed E-state index contributed by atoms with van der Waals surface area (Å²) in [6, 6.07) is 0. The zero-order chi connectivity index (χ0) is 7.11. The Morgan fingerprint density at radius 2 is 1.89 bits per heavy atom. The SMILES string of the molecule is COCC[C@H](C)COC. The number of hydrogen-bond acceptors (Lipinski definition) is 2. The monoisotopic (exact) mass is 132 g/mol. The zero-order valence-electron chi connectivity index (χ0n) is 6.52. The molecule has 56 valence electrons. The third-order valence-corrected chi connectivity index (χ3v) is 1.27. The van der Waals surface area contributed by atoms with Crippen molar-refractivity contribution in [2.45, 2.75) is 13.3 Å². The molecule has 0 aliphatic rings. The molecule has 0 aromatic rings. The fourth-order valence-electron chi connectivity index (χ4n) is 0.687. The van der Waals surface area contributed by atoms with Gasteiger partial charge < -0.3 is 9.47 Å². The Morgan fingerprint density at radius 1 is 1.22 bits per heavy atom. The van der Waals surface area contributed by atoms with E-state index in [0.717, 1.165) is 19.6 Å². The molecule has 0 saturated carbocycles. The number of rotatable bonds is 5. The molecular weight excluding hydrogens is 116 g/mol. The highest BCUT2D eigenvalue weighted by atomic mass is 16.5. The van der Waals surface area contributed by atoms with Gasteiger partial charge in [-0.25, -0.2) is 0 Å². The van der Waals surface area contributed by atoms with Crippen molar-refractivity contribution in [3.05, 3.63) is 0 Å². The number of ether oxygens (including phenoxy) is 2. The first-order chi connectivity index (χ1) is 4.31. The summed E-state index contributed by atoms with van der Waals surface area (Å²) < 4.78 is 9.85. The van der Waals surface area contributed by atoms with E-state index in [1.165, 1.54) is 0 Å². The standard InChI is InChI=1S/C7H16O2/c1-7(6-9-3)4-5-8-2/h7H,4-6H2,1-3H3/t7-/m0/s1. The summed E-state index contributed by atoms with van der Waals surface area (Å²) in [5, 5.41) is 0. The Morgan fingerprint density at radius 3 is 2.33 bits per heavy atom. The smallest absolute Gasteiger partial charge is 0.0488 e. The maximum Gasteiger partial charge on any atom is 0.0488 e. The summed E-state index contributed by atoms with van der Waals surface area (Å²) in [4.78, 5) is 0. The van der Waals surface area contributed by atoms with Crippen molar-refractivity contribution in [2.24, 2.45) is 5.92 Å². The van der Waals surface area contributed by atoms with E-state index in [0.29, 0.717) is 5.92 Å². The molecule has 2 heteroatoms. The topological polar surface area (TPSA) is 18.5 Å². The Kier molecular flexibility index (Phi) is 5.99. The van der Waals surface area contributed by atoms with Crippen LogP contribution in [0.4, 0.5) is 0 Å². The minimum absolute atomic E-state index is 0.620. The molecule has 1 atom stereocenters. The molecule has 0 radical (unpaired) electrons. The minimum Gasteiger partial charge on any atom is -0.385 e. The van der Waals surface area contributed by atoms with E-state index in [4.69, 9.17) is 9.47 Å². The quantitative estimate of drug-likeness (QED) is 0.561. The fourth-order valence-corrected chi connectivity index (χ4v) is 0.687. The molecule has 0 N–H and O–H groups in total. The van der Waals surface area contributed by atoms with Gasteiger partial charge in [-0.15, -0.1) is 0 Å². The van der Waals surface area contributed by atoms with Gasteiger partial charge in [0.15, 0.2) is 0 Å². The molecule has 0 aliphatic heterocycles. The third-order valence-electron chi connectivity index (χ3n) is 1.27. The van der Waals surface area contributed by atoms with Gasteiger partial charge in [-0.2, -0.15) is 0 Å². The van der Waals surface area contributed by atoms with Crippen molar-refractivity contribution in [3.8, 4) is 0 Å². The van der Waals surface area contributed by atoms with Crippen molar-refractivity contribution in [2.75, 3.05) is 27.4 Å². The molecule has 0 bridgehead atoms. The fraction of sp³-hybridized carbons (Fsp3) is 1.00. The molecule has 0 unspecified atom stereocenters. The van der Waals surface area contributed by atoms with E-state index in [2.05, 4.69) is 6.92 Å². The Hall–Kier alpha value is -0.0800. The van der Waals surface area contributed by atoms with E-state index in [1.54, 1.807) is 14.2 Å². The average Bonchev–Trinajstić information content (AvgIpc) is 1.85. The van der Waals surface area contributed by atoms with Crippen LogP contribution in [0, 0.1) is 5.92 Å². The van der Waals surface area contributed by atoms with Crippen LogP contribution in [-0.4, -0.2) is 27.4 Å². The number of methoxy groups -OCH3 is 2. The van der Waals surface area contributed by atoms with Gasteiger partial charge in [0, 0.05) is 27.4 Å². The van der Waals surface area contributed by atoms with Gasteiger partial charge in [0.05, 0.1) is 0 Å². The van der Waals surface area contributed by atoms with Crippen molar-refractivity contribution < 1.29 is 9.47 Å². The van der Waals surface area contributed by atoms with Crippen LogP contribution in [0.25, 0.3) is 0 Å². The largest absolute Gasteiger partial charge is 0.385 e. The third kappa shape index (κ3) is 5.80. The molecule has 0 spiro atoms. The van der Waals surface area contributed by atoms with Gasteiger partial charge in [-0.1, -0.05) is 6.92 Å². The summed E-state index contributed by atoms with van der Waals surface area (Å²) in [6.07, 6.45) is 1.09. The van der Waals surface area contributed by atoms with Crippen LogP contribution in [0.2, 0.25) is 0 Å². The predicted octanol–water partition coefficient (Wildman–Crippen LogP) is 1.31. The van der Waals surface area contributed by atoms with Crippen LogP contribution in [0.15, 0.2) is 0 Å². The molecule has 0 rings (SSSR count). The maximum atomic E-state index is 4.95. The second kappa shape index (κ2) is 6.05. The maximum absolute atomic E-state index is 4.95. The van der Waals surface area contributed by atoms with Crippen LogP contribution in [0.1, 0.15) is 13.3 Å². The van der Waals surface area contributed by atoms with Gasteiger partial charge in [0.1, 0.15) is 0 Å². The van der Waals surface area contributed by atoms with Gasteiger partial charge in [-0.05, 0) is 12.3 Å². The van der Waals surface area contributed by atoms with E-state index in [-0.39, 0.29) is 0 Å². The first-order valence-corrected chi connectivity index (χ1v) is 3.29. The normalized spacial score (nSPS) is 13.7. The van der Waals surface area contributed by atoms with Crippen LogP contribution < -0.4 is 0 Å². The van der Waals surface area contributed by atoms with Crippen LogP contribution >= 0.6 is 0 Å². The molecule has 0 fully saturated rings. The lowest BCUT2D eigenvalue weighted by molar-refractivity contribution is 0.125. The van der Waals surface area contributed by atoms with Crippen molar-refractivity contribution in [3.63, 3.8) is 0 Å². The van der Waals surface area contributed by atoms with Crippen molar-refractivity contribution in [1.29, 1.82) is 0 Å². The molecule has 2 nitrogen and oxygen atoms in total. The highest BCUT2D eigenvalue weighted by Gasteiger charge is 1.98. The molecular formula is C7H16O2. The highest BCUT2D eigenvalue weighted by molar-refractivity contribution is 4.48. The summed E-state index contributed by atoms with van der Waals surface area (Å²) in [5.41, 5.74) is 0. The second-order valence-corrected chi connectivity index (χ2v) is 2.34. The second-order valence-electron chi connectivity index (χ2n) is 2.34. The summed E-state index contributed by atoms with van der Waals surface area (Å²) in [6.45, 7) is 3.83. The lowest BCUT2D eigenvalue weighted by Gasteiger charge is -2.07. The molecule has 0 saturated heterocycles. The zero-order valence-corrected chi connectivity index (χ0v) is 6.52. The van der Waals surface area contributed by atoms with E-state index in [1.807, 2.05) is 0 Å². The van der Waals surface area contributed by atoms with Crippen LogP contribution in [-0.2, 0) is 9.47 Å². The Bertz CT molecular complexity index is 54.9. The van der Waals surface area contributed by atoms with Gasteiger partial charge in [-0.3, -0.25) is 0 Å². The van der Waals surface area contributed by atoms with Gasteiger partial charge in [0.2, 0.25) is 0 Å². The molecule has 0 aliphatic carbocycles. The summed E-state index contributed by atoms with van der Waals surface area (Å²) in [7, 11) is 3.45. The average molecular weight is 132 g/mol. The lowest BCUT2D eigenvalue weighted by atomic mass is 10.1. The molecule has 0 heterocycles.